The molecule has 0 radical (unpaired) electrons. The Kier molecular flexibility index (Phi) is 6.52. The maximum absolute atomic E-state index is 12.0. The zero-order valence-electron chi connectivity index (χ0n) is 11.2. The number of hydrogen-bond acceptors (Lipinski definition) is 3. The lowest BCUT2D eigenvalue weighted by Crippen LogP contribution is -2.42. The zero-order valence-corrected chi connectivity index (χ0v) is 11.2. The highest BCUT2D eigenvalue weighted by atomic mass is 16.5. The molecule has 1 heterocycles. The molecule has 1 atom stereocenters. The van der Waals surface area contributed by atoms with Gasteiger partial charge in [0.25, 0.3) is 0 Å². The van der Waals surface area contributed by atoms with Gasteiger partial charge in [-0.3, -0.25) is 4.79 Å². The molecule has 0 aliphatic carbocycles. The van der Waals surface area contributed by atoms with E-state index in [1.165, 1.54) is 0 Å². The molecule has 1 saturated heterocycles. The van der Waals surface area contributed by atoms with Gasteiger partial charge in [0.1, 0.15) is 0 Å². The van der Waals surface area contributed by atoms with Crippen molar-refractivity contribution in [1.29, 1.82) is 0 Å². The van der Waals surface area contributed by atoms with Crippen LogP contribution >= 0.6 is 0 Å². The van der Waals surface area contributed by atoms with Crippen LogP contribution in [0, 0.1) is 0 Å². The molecule has 1 aliphatic heterocycles. The zero-order chi connectivity index (χ0) is 12.7. The third kappa shape index (κ3) is 5.04. The predicted molar refractivity (Wildman–Crippen MR) is 68.7 cm³/mol. The van der Waals surface area contributed by atoms with Gasteiger partial charge < -0.3 is 15.4 Å². The van der Waals surface area contributed by atoms with Gasteiger partial charge in [-0.25, -0.2) is 0 Å². The molecule has 0 aromatic carbocycles. The summed E-state index contributed by atoms with van der Waals surface area (Å²) in [7, 11) is 0. The number of rotatable bonds is 6. The molecule has 0 bridgehead atoms. The van der Waals surface area contributed by atoms with Gasteiger partial charge in [-0.15, -0.1) is 0 Å². The average molecular weight is 242 g/mol. The fraction of sp³-hybridized carbons (Fsp3) is 0.923. The number of nitrogens with two attached hydrogens (primary N) is 1. The lowest BCUT2D eigenvalue weighted by atomic mass is 10.0. The van der Waals surface area contributed by atoms with Crippen molar-refractivity contribution in [2.45, 2.75) is 58.1 Å². The molecule has 100 valence electrons. The summed E-state index contributed by atoms with van der Waals surface area (Å²) in [5, 5.41) is 0. The van der Waals surface area contributed by atoms with E-state index < -0.39 is 0 Å². The second-order valence-electron chi connectivity index (χ2n) is 4.79. The molecule has 1 aliphatic rings. The lowest BCUT2D eigenvalue weighted by Gasteiger charge is -2.32. The molecule has 1 fully saturated rings. The molecular weight excluding hydrogens is 216 g/mol. The Morgan fingerprint density at radius 2 is 2.06 bits per heavy atom. The Morgan fingerprint density at radius 3 is 2.59 bits per heavy atom. The first kappa shape index (κ1) is 14.5. The van der Waals surface area contributed by atoms with Crippen LogP contribution < -0.4 is 5.73 Å². The molecule has 1 amide bonds. The van der Waals surface area contributed by atoms with Crippen molar-refractivity contribution < 1.29 is 9.53 Å². The fourth-order valence-corrected chi connectivity index (χ4v) is 2.33. The first-order valence-corrected chi connectivity index (χ1v) is 6.82. The molecule has 0 aromatic heterocycles. The van der Waals surface area contributed by atoms with Crippen LogP contribution in [-0.4, -0.2) is 42.6 Å². The summed E-state index contributed by atoms with van der Waals surface area (Å²) in [6.07, 6.45) is 4.73. The number of carbonyl (C=O) groups is 1. The maximum Gasteiger partial charge on any atom is 0.224 e. The van der Waals surface area contributed by atoms with Crippen molar-refractivity contribution in [3.05, 3.63) is 0 Å². The normalized spacial score (nSPS) is 19.4. The van der Waals surface area contributed by atoms with E-state index in [2.05, 4.69) is 6.92 Å². The van der Waals surface area contributed by atoms with E-state index in [-0.39, 0.29) is 11.9 Å². The second-order valence-corrected chi connectivity index (χ2v) is 4.79. The third-order valence-electron chi connectivity index (χ3n) is 3.29. The minimum Gasteiger partial charge on any atom is -0.378 e. The highest BCUT2D eigenvalue weighted by Crippen LogP contribution is 2.15. The fourth-order valence-electron chi connectivity index (χ4n) is 2.33. The first-order chi connectivity index (χ1) is 8.17. The Bertz CT molecular complexity index is 225. The highest BCUT2D eigenvalue weighted by Gasteiger charge is 2.23. The van der Waals surface area contributed by atoms with Crippen LogP contribution in [0.1, 0.15) is 46.0 Å². The van der Waals surface area contributed by atoms with E-state index in [0.29, 0.717) is 12.5 Å². The van der Waals surface area contributed by atoms with Gasteiger partial charge >= 0.3 is 0 Å². The quantitative estimate of drug-likeness (QED) is 0.768. The summed E-state index contributed by atoms with van der Waals surface area (Å²) in [5.74, 6) is 0.209. The summed E-state index contributed by atoms with van der Waals surface area (Å²) in [6, 6.07) is 0.0251. The largest absolute Gasteiger partial charge is 0.378 e. The number of ether oxygens (including phenoxy) is 1. The van der Waals surface area contributed by atoms with E-state index in [1.807, 2.05) is 11.8 Å². The SMILES string of the molecule is CCCC(N)CC(=O)N1CCC(OCC)CC1. The van der Waals surface area contributed by atoms with E-state index in [0.717, 1.165) is 45.4 Å². The molecule has 0 saturated carbocycles. The number of piperidine rings is 1. The average Bonchev–Trinajstić information content (AvgIpc) is 2.30. The van der Waals surface area contributed by atoms with Gasteiger partial charge in [-0.1, -0.05) is 13.3 Å². The van der Waals surface area contributed by atoms with Crippen molar-refractivity contribution >= 4 is 5.91 Å². The monoisotopic (exact) mass is 242 g/mol. The molecule has 1 rings (SSSR count). The van der Waals surface area contributed by atoms with Crippen molar-refractivity contribution in [3.8, 4) is 0 Å². The standard InChI is InChI=1S/C13H26N2O2/c1-3-5-11(14)10-13(16)15-8-6-12(7-9-15)17-4-2/h11-12H,3-10,14H2,1-2H3. The van der Waals surface area contributed by atoms with Crippen LogP contribution in [0.4, 0.5) is 0 Å². The van der Waals surface area contributed by atoms with Crippen LogP contribution in [0.25, 0.3) is 0 Å². The van der Waals surface area contributed by atoms with Gasteiger partial charge in [0.15, 0.2) is 0 Å². The minimum absolute atomic E-state index is 0.0251. The summed E-state index contributed by atoms with van der Waals surface area (Å²) in [5.41, 5.74) is 5.89. The number of likely N-dealkylation sites (tertiary alicyclic amines) is 1. The van der Waals surface area contributed by atoms with E-state index in [9.17, 15) is 4.79 Å². The summed E-state index contributed by atoms with van der Waals surface area (Å²) >= 11 is 0. The molecule has 1 unspecified atom stereocenters. The predicted octanol–water partition coefficient (Wildman–Crippen LogP) is 1.53. The van der Waals surface area contributed by atoms with Gasteiger partial charge in [-0.2, -0.15) is 0 Å². The van der Waals surface area contributed by atoms with Crippen LogP contribution in [-0.2, 0) is 9.53 Å². The smallest absolute Gasteiger partial charge is 0.224 e. The Hall–Kier alpha value is -0.610. The first-order valence-electron chi connectivity index (χ1n) is 6.82. The molecule has 4 heteroatoms. The number of nitrogens with zero attached hydrogens (tertiary/aromatic N) is 1. The van der Waals surface area contributed by atoms with E-state index in [4.69, 9.17) is 10.5 Å². The van der Waals surface area contributed by atoms with Crippen LogP contribution in [0.3, 0.4) is 0 Å². The summed E-state index contributed by atoms with van der Waals surface area (Å²) < 4.78 is 5.57. The Labute approximate surface area is 104 Å². The summed E-state index contributed by atoms with van der Waals surface area (Å²) in [6.45, 7) is 6.52. The highest BCUT2D eigenvalue weighted by molar-refractivity contribution is 5.76. The van der Waals surface area contributed by atoms with E-state index >= 15 is 0 Å². The number of amides is 1. The topological polar surface area (TPSA) is 55.6 Å². The third-order valence-corrected chi connectivity index (χ3v) is 3.29. The van der Waals surface area contributed by atoms with Crippen molar-refractivity contribution in [3.63, 3.8) is 0 Å². The van der Waals surface area contributed by atoms with Crippen molar-refractivity contribution in [2.24, 2.45) is 5.73 Å². The van der Waals surface area contributed by atoms with E-state index in [1.54, 1.807) is 0 Å². The lowest BCUT2D eigenvalue weighted by molar-refractivity contribution is -0.134. The molecule has 0 spiro atoms. The van der Waals surface area contributed by atoms with Crippen LogP contribution in [0.15, 0.2) is 0 Å². The van der Waals surface area contributed by atoms with Gasteiger partial charge in [0, 0.05) is 32.2 Å². The maximum atomic E-state index is 12.0. The summed E-state index contributed by atoms with van der Waals surface area (Å²) in [4.78, 5) is 13.9. The van der Waals surface area contributed by atoms with Gasteiger partial charge in [-0.05, 0) is 26.2 Å². The second kappa shape index (κ2) is 7.67. The molecule has 0 aromatic rings. The van der Waals surface area contributed by atoms with Crippen molar-refractivity contribution in [2.75, 3.05) is 19.7 Å². The Morgan fingerprint density at radius 1 is 1.41 bits per heavy atom. The van der Waals surface area contributed by atoms with Crippen LogP contribution in [0.5, 0.6) is 0 Å². The Balaban J connectivity index is 2.25. The van der Waals surface area contributed by atoms with Crippen LogP contribution in [0.2, 0.25) is 0 Å². The minimum atomic E-state index is 0.0251. The number of hydrogen-bond donors (Lipinski definition) is 1. The van der Waals surface area contributed by atoms with Gasteiger partial charge in [0.05, 0.1) is 6.10 Å². The van der Waals surface area contributed by atoms with Crippen molar-refractivity contribution in [1.82, 2.24) is 4.90 Å². The molecule has 4 nitrogen and oxygen atoms in total. The van der Waals surface area contributed by atoms with Gasteiger partial charge in [0.2, 0.25) is 5.91 Å². The molecule has 2 N–H and O–H groups in total. The molecule has 17 heavy (non-hydrogen) atoms. The molecular formula is C13H26N2O2. The number of carbonyl (C=O) groups excluding carboxylic acids is 1.